The van der Waals surface area contributed by atoms with Crippen molar-refractivity contribution in [2.75, 3.05) is 13.2 Å². The topological polar surface area (TPSA) is 38.3 Å². The molecule has 1 aliphatic carbocycles. The second kappa shape index (κ2) is 7.13. The van der Waals surface area contributed by atoms with Crippen LogP contribution < -0.4 is 5.32 Å². The summed E-state index contributed by atoms with van der Waals surface area (Å²) in [6, 6.07) is 0.363. The van der Waals surface area contributed by atoms with E-state index in [-0.39, 0.29) is 12.5 Å². The van der Waals surface area contributed by atoms with Gasteiger partial charge in [0.05, 0.1) is 0 Å². The summed E-state index contributed by atoms with van der Waals surface area (Å²) >= 11 is 0. The smallest absolute Gasteiger partial charge is 0.246 e. The Kier molecular flexibility index (Phi) is 6.13. The van der Waals surface area contributed by atoms with Crippen molar-refractivity contribution in [3.8, 4) is 0 Å². The van der Waals surface area contributed by atoms with Crippen LogP contribution in [-0.4, -0.2) is 25.2 Å². The molecule has 106 valence electrons. The molecule has 1 aliphatic rings. The fraction of sp³-hybridized carbons (Fsp3) is 0.933. The van der Waals surface area contributed by atoms with Crippen molar-refractivity contribution in [3.63, 3.8) is 0 Å². The summed E-state index contributed by atoms with van der Waals surface area (Å²) in [5, 5.41) is 3.08. The zero-order valence-electron chi connectivity index (χ0n) is 12.4. The molecule has 0 bridgehead atoms. The van der Waals surface area contributed by atoms with Crippen LogP contribution in [0.2, 0.25) is 0 Å². The van der Waals surface area contributed by atoms with Crippen LogP contribution in [0.1, 0.15) is 59.8 Å². The molecule has 1 fully saturated rings. The third-order valence-corrected chi connectivity index (χ3v) is 4.55. The minimum atomic E-state index is 0.0371. The van der Waals surface area contributed by atoms with Gasteiger partial charge in [-0.05, 0) is 43.9 Å². The van der Waals surface area contributed by atoms with E-state index in [0.717, 1.165) is 18.8 Å². The average molecular weight is 255 g/mol. The van der Waals surface area contributed by atoms with E-state index in [1.165, 1.54) is 19.3 Å². The summed E-state index contributed by atoms with van der Waals surface area (Å²) in [5.41, 5.74) is 0.445. The van der Waals surface area contributed by atoms with E-state index in [2.05, 4.69) is 26.1 Å². The quantitative estimate of drug-likeness (QED) is 0.792. The molecular weight excluding hydrogens is 226 g/mol. The van der Waals surface area contributed by atoms with Crippen LogP contribution in [0.3, 0.4) is 0 Å². The van der Waals surface area contributed by atoms with Crippen molar-refractivity contribution >= 4 is 5.91 Å². The molecule has 0 unspecified atom stereocenters. The fourth-order valence-corrected chi connectivity index (χ4v) is 2.77. The number of hydrogen-bond donors (Lipinski definition) is 1. The Hall–Kier alpha value is -0.570. The Morgan fingerprint density at radius 3 is 2.33 bits per heavy atom. The standard InChI is InChI=1S/C15H29NO2/c1-5-15(3,4)12-7-9-13(10-8-12)16-14(17)11-18-6-2/h12-13H,5-11H2,1-4H3,(H,16,17). The molecule has 0 aromatic heterocycles. The Labute approximate surface area is 112 Å². The summed E-state index contributed by atoms with van der Waals surface area (Å²) in [7, 11) is 0. The molecule has 1 rings (SSSR count). The van der Waals surface area contributed by atoms with Gasteiger partial charge in [-0.1, -0.05) is 27.2 Å². The van der Waals surface area contributed by atoms with Crippen molar-refractivity contribution in [1.82, 2.24) is 5.32 Å². The van der Waals surface area contributed by atoms with Crippen LogP contribution in [-0.2, 0) is 9.53 Å². The molecule has 18 heavy (non-hydrogen) atoms. The van der Waals surface area contributed by atoms with Gasteiger partial charge in [0.1, 0.15) is 6.61 Å². The zero-order valence-corrected chi connectivity index (χ0v) is 12.4. The number of hydrogen-bond acceptors (Lipinski definition) is 2. The lowest BCUT2D eigenvalue weighted by atomic mass is 9.69. The van der Waals surface area contributed by atoms with Gasteiger partial charge in [-0.3, -0.25) is 4.79 Å². The highest BCUT2D eigenvalue weighted by Crippen LogP contribution is 2.40. The van der Waals surface area contributed by atoms with Crippen LogP contribution >= 0.6 is 0 Å². The zero-order chi connectivity index (χ0) is 13.6. The third-order valence-electron chi connectivity index (χ3n) is 4.55. The lowest BCUT2D eigenvalue weighted by Crippen LogP contribution is -2.41. The van der Waals surface area contributed by atoms with Crippen molar-refractivity contribution in [2.45, 2.75) is 65.8 Å². The van der Waals surface area contributed by atoms with Gasteiger partial charge in [0, 0.05) is 12.6 Å². The molecule has 0 atom stereocenters. The fourth-order valence-electron chi connectivity index (χ4n) is 2.77. The molecule has 0 spiro atoms. The molecule has 1 N–H and O–H groups in total. The number of carbonyl (C=O) groups is 1. The molecule has 0 radical (unpaired) electrons. The van der Waals surface area contributed by atoms with E-state index in [0.29, 0.717) is 18.1 Å². The number of nitrogens with one attached hydrogen (secondary N) is 1. The molecule has 0 heterocycles. The van der Waals surface area contributed by atoms with Crippen LogP contribution in [0, 0.1) is 11.3 Å². The van der Waals surface area contributed by atoms with Crippen molar-refractivity contribution in [1.29, 1.82) is 0 Å². The van der Waals surface area contributed by atoms with Gasteiger partial charge in [0.25, 0.3) is 0 Å². The highest BCUT2D eigenvalue weighted by atomic mass is 16.5. The minimum Gasteiger partial charge on any atom is -0.372 e. The molecule has 1 amide bonds. The van der Waals surface area contributed by atoms with Crippen molar-refractivity contribution < 1.29 is 9.53 Å². The number of ether oxygens (including phenoxy) is 1. The van der Waals surface area contributed by atoms with Gasteiger partial charge in [-0.2, -0.15) is 0 Å². The first-order chi connectivity index (χ1) is 8.49. The van der Waals surface area contributed by atoms with E-state index >= 15 is 0 Å². The van der Waals surface area contributed by atoms with Crippen LogP contribution in [0.5, 0.6) is 0 Å². The molecular formula is C15H29NO2. The molecule has 0 aromatic rings. The van der Waals surface area contributed by atoms with E-state index < -0.39 is 0 Å². The highest BCUT2D eigenvalue weighted by Gasteiger charge is 2.32. The van der Waals surface area contributed by atoms with Crippen LogP contribution in [0.25, 0.3) is 0 Å². The lowest BCUT2D eigenvalue weighted by Gasteiger charge is -2.39. The number of rotatable bonds is 6. The third kappa shape index (κ3) is 4.60. The summed E-state index contributed by atoms with van der Waals surface area (Å²) in [4.78, 5) is 11.6. The maximum atomic E-state index is 11.6. The molecule has 0 saturated heterocycles. The van der Waals surface area contributed by atoms with E-state index in [1.54, 1.807) is 0 Å². The van der Waals surface area contributed by atoms with Crippen molar-refractivity contribution in [2.24, 2.45) is 11.3 Å². The SMILES string of the molecule is CCOCC(=O)NC1CCC(C(C)(C)CC)CC1. The molecule has 3 nitrogen and oxygen atoms in total. The van der Waals surface area contributed by atoms with E-state index in [4.69, 9.17) is 4.74 Å². The second-order valence-corrected chi connectivity index (χ2v) is 6.10. The van der Waals surface area contributed by atoms with Crippen LogP contribution in [0.4, 0.5) is 0 Å². The Morgan fingerprint density at radius 2 is 1.83 bits per heavy atom. The van der Waals surface area contributed by atoms with E-state index in [9.17, 15) is 4.79 Å². The summed E-state index contributed by atoms with van der Waals surface area (Å²) in [6.45, 7) is 9.72. The number of amides is 1. The Morgan fingerprint density at radius 1 is 1.22 bits per heavy atom. The maximum absolute atomic E-state index is 11.6. The number of carbonyl (C=O) groups excluding carboxylic acids is 1. The molecule has 0 aliphatic heterocycles. The van der Waals surface area contributed by atoms with Gasteiger partial charge in [0.15, 0.2) is 0 Å². The summed E-state index contributed by atoms with van der Waals surface area (Å²) < 4.78 is 5.12. The first-order valence-corrected chi connectivity index (χ1v) is 7.36. The largest absolute Gasteiger partial charge is 0.372 e. The summed E-state index contributed by atoms with van der Waals surface area (Å²) in [5.74, 6) is 0.845. The van der Waals surface area contributed by atoms with Crippen molar-refractivity contribution in [3.05, 3.63) is 0 Å². The minimum absolute atomic E-state index is 0.0371. The molecule has 3 heteroatoms. The first-order valence-electron chi connectivity index (χ1n) is 7.36. The second-order valence-electron chi connectivity index (χ2n) is 6.10. The maximum Gasteiger partial charge on any atom is 0.246 e. The molecule has 1 saturated carbocycles. The monoisotopic (exact) mass is 255 g/mol. The van der Waals surface area contributed by atoms with Gasteiger partial charge in [-0.15, -0.1) is 0 Å². The van der Waals surface area contributed by atoms with Gasteiger partial charge < -0.3 is 10.1 Å². The Bertz CT molecular complexity index is 255. The molecule has 0 aromatic carbocycles. The van der Waals surface area contributed by atoms with Gasteiger partial charge >= 0.3 is 0 Å². The predicted molar refractivity (Wildman–Crippen MR) is 74.5 cm³/mol. The highest BCUT2D eigenvalue weighted by molar-refractivity contribution is 5.77. The normalized spacial score (nSPS) is 24.9. The average Bonchev–Trinajstić information content (AvgIpc) is 2.37. The van der Waals surface area contributed by atoms with Gasteiger partial charge in [0.2, 0.25) is 5.91 Å². The summed E-state index contributed by atoms with van der Waals surface area (Å²) in [6.07, 6.45) is 5.94. The predicted octanol–water partition coefficient (Wildman–Crippen LogP) is 3.13. The first kappa shape index (κ1) is 15.5. The Balaban J connectivity index is 2.29. The van der Waals surface area contributed by atoms with Crippen LogP contribution in [0.15, 0.2) is 0 Å². The lowest BCUT2D eigenvalue weighted by molar-refractivity contribution is -0.126. The van der Waals surface area contributed by atoms with Gasteiger partial charge in [-0.25, -0.2) is 0 Å². The van der Waals surface area contributed by atoms with E-state index in [1.807, 2.05) is 6.92 Å².